The fourth-order valence-corrected chi connectivity index (χ4v) is 2.22. The first-order valence-corrected chi connectivity index (χ1v) is 5.68. The molecule has 0 saturated carbocycles. The van der Waals surface area contributed by atoms with Crippen LogP contribution in [0.5, 0.6) is 0 Å². The van der Waals surface area contributed by atoms with Crippen LogP contribution >= 0.6 is 11.3 Å². The average molecular weight is 237 g/mol. The second-order valence-electron chi connectivity index (χ2n) is 3.40. The van der Waals surface area contributed by atoms with Gasteiger partial charge in [-0.15, -0.1) is 11.3 Å². The highest BCUT2D eigenvalue weighted by Crippen LogP contribution is 2.21. The molecule has 0 spiro atoms. The molecule has 0 bridgehead atoms. The maximum absolute atomic E-state index is 10.4. The molecule has 0 atom stereocenters. The molecule has 0 fully saturated rings. The Morgan fingerprint density at radius 3 is 3.06 bits per heavy atom. The molecule has 5 nitrogen and oxygen atoms in total. The van der Waals surface area contributed by atoms with Crippen LogP contribution in [0.25, 0.3) is 10.8 Å². The molecule has 2 heterocycles. The van der Waals surface area contributed by atoms with Gasteiger partial charge in [0.2, 0.25) is 0 Å². The van der Waals surface area contributed by atoms with Crippen molar-refractivity contribution in [1.29, 1.82) is 0 Å². The first-order valence-electron chi connectivity index (χ1n) is 4.80. The van der Waals surface area contributed by atoms with Gasteiger partial charge in [-0.1, -0.05) is 0 Å². The molecule has 0 amide bonds. The van der Waals surface area contributed by atoms with Gasteiger partial charge in [0, 0.05) is 31.2 Å². The van der Waals surface area contributed by atoms with E-state index >= 15 is 0 Å². The highest BCUT2D eigenvalue weighted by molar-refractivity contribution is 7.13. The zero-order valence-corrected chi connectivity index (χ0v) is 9.57. The number of thiazole rings is 1. The Labute approximate surface area is 96.4 Å². The Morgan fingerprint density at radius 2 is 2.44 bits per heavy atom. The van der Waals surface area contributed by atoms with Gasteiger partial charge >= 0.3 is 5.97 Å². The van der Waals surface area contributed by atoms with E-state index in [0.717, 1.165) is 16.5 Å². The van der Waals surface area contributed by atoms with Crippen LogP contribution in [0.15, 0.2) is 17.8 Å². The third kappa shape index (κ3) is 2.27. The third-order valence-electron chi connectivity index (χ3n) is 2.16. The van der Waals surface area contributed by atoms with Crippen LogP contribution in [0.4, 0.5) is 0 Å². The summed E-state index contributed by atoms with van der Waals surface area (Å²) < 4.78 is 1.89. The molecule has 0 aliphatic rings. The Kier molecular flexibility index (Phi) is 3.00. The van der Waals surface area contributed by atoms with Gasteiger partial charge in [0.05, 0.1) is 12.1 Å². The van der Waals surface area contributed by atoms with Crippen molar-refractivity contribution in [2.75, 3.05) is 0 Å². The molecular weight excluding hydrogens is 226 g/mol. The number of aryl methyl sites for hydroxylation is 2. The van der Waals surface area contributed by atoms with E-state index in [1.54, 1.807) is 6.20 Å². The fraction of sp³-hybridized carbons (Fsp3) is 0.300. The molecule has 0 saturated heterocycles. The largest absolute Gasteiger partial charge is 0.481 e. The lowest BCUT2D eigenvalue weighted by Crippen LogP contribution is -1.98. The molecule has 1 N–H and O–H groups in total. The number of carbonyl (C=O) groups is 1. The highest BCUT2D eigenvalue weighted by atomic mass is 32.1. The van der Waals surface area contributed by atoms with E-state index in [1.165, 1.54) is 11.3 Å². The van der Waals surface area contributed by atoms with Crippen molar-refractivity contribution < 1.29 is 9.90 Å². The molecule has 0 aliphatic heterocycles. The van der Waals surface area contributed by atoms with Crippen LogP contribution in [-0.4, -0.2) is 25.6 Å². The summed E-state index contributed by atoms with van der Waals surface area (Å²) in [5.41, 5.74) is 0.811. The zero-order chi connectivity index (χ0) is 11.5. The molecule has 2 aromatic heterocycles. The number of hydrogen-bond donors (Lipinski definition) is 1. The fourth-order valence-electron chi connectivity index (χ4n) is 1.33. The zero-order valence-electron chi connectivity index (χ0n) is 8.75. The first kappa shape index (κ1) is 10.8. The summed E-state index contributed by atoms with van der Waals surface area (Å²) >= 11 is 1.49. The van der Waals surface area contributed by atoms with Crippen LogP contribution in [0.1, 0.15) is 12.1 Å². The summed E-state index contributed by atoms with van der Waals surface area (Å²) in [6.45, 7) is 0. The van der Waals surface area contributed by atoms with E-state index in [1.807, 2.05) is 23.2 Å². The molecule has 2 aromatic rings. The third-order valence-corrected chi connectivity index (χ3v) is 3.05. The smallest absolute Gasteiger partial charge is 0.303 e. The number of hydrogen-bond acceptors (Lipinski definition) is 4. The van der Waals surface area contributed by atoms with Crippen molar-refractivity contribution in [2.45, 2.75) is 12.8 Å². The lowest BCUT2D eigenvalue weighted by molar-refractivity contribution is -0.136. The van der Waals surface area contributed by atoms with Crippen LogP contribution in [0, 0.1) is 0 Å². The number of rotatable bonds is 4. The molecule has 0 unspecified atom stereocenters. The van der Waals surface area contributed by atoms with Crippen molar-refractivity contribution >= 4 is 17.3 Å². The topological polar surface area (TPSA) is 68.0 Å². The summed E-state index contributed by atoms with van der Waals surface area (Å²) in [5.74, 6) is 0.0121. The van der Waals surface area contributed by atoms with Gasteiger partial charge in [-0.25, -0.2) is 9.97 Å². The molecule has 0 aromatic carbocycles. The van der Waals surface area contributed by atoms with Gasteiger partial charge in [-0.3, -0.25) is 4.79 Å². The SMILES string of the molecule is Cn1ccnc1-c1nc(CCC(=O)O)cs1. The van der Waals surface area contributed by atoms with Crippen molar-refractivity contribution in [3.63, 3.8) is 0 Å². The van der Waals surface area contributed by atoms with Crippen LogP contribution in [-0.2, 0) is 18.3 Å². The van der Waals surface area contributed by atoms with Crippen molar-refractivity contribution in [3.8, 4) is 10.8 Å². The first-order chi connectivity index (χ1) is 7.66. The van der Waals surface area contributed by atoms with E-state index in [0.29, 0.717) is 6.42 Å². The molecule has 6 heteroatoms. The van der Waals surface area contributed by atoms with E-state index in [-0.39, 0.29) is 6.42 Å². The van der Waals surface area contributed by atoms with Crippen molar-refractivity contribution in [2.24, 2.45) is 7.05 Å². The molecule has 84 valence electrons. The average Bonchev–Trinajstić information content (AvgIpc) is 2.83. The molecule has 0 aliphatic carbocycles. The van der Waals surface area contributed by atoms with Crippen LogP contribution in [0.3, 0.4) is 0 Å². The minimum Gasteiger partial charge on any atom is -0.481 e. The second-order valence-corrected chi connectivity index (χ2v) is 4.26. The quantitative estimate of drug-likeness (QED) is 0.876. The number of aliphatic carboxylic acids is 1. The minimum atomic E-state index is -0.799. The Bertz CT molecular complexity index is 504. The van der Waals surface area contributed by atoms with E-state index < -0.39 is 5.97 Å². The van der Waals surface area contributed by atoms with Gasteiger partial charge in [-0.2, -0.15) is 0 Å². The highest BCUT2D eigenvalue weighted by Gasteiger charge is 2.09. The normalized spacial score (nSPS) is 10.6. The monoisotopic (exact) mass is 237 g/mol. The molecular formula is C10H11N3O2S. The number of carboxylic acid groups (broad SMARTS) is 1. The van der Waals surface area contributed by atoms with Gasteiger partial charge in [0.1, 0.15) is 0 Å². The minimum absolute atomic E-state index is 0.115. The number of aromatic nitrogens is 3. The Balaban J connectivity index is 2.14. The summed E-state index contributed by atoms with van der Waals surface area (Å²) in [5, 5.41) is 11.3. The number of carboxylic acids is 1. The maximum Gasteiger partial charge on any atom is 0.303 e. The van der Waals surface area contributed by atoms with Gasteiger partial charge < -0.3 is 9.67 Å². The maximum atomic E-state index is 10.4. The summed E-state index contributed by atoms with van der Waals surface area (Å²) in [6.07, 6.45) is 4.15. The van der Waals surface area contributed by atoms with Crippen LogP contribution in [0.2, 0.25) is 0 Å². The van der Waals surface area contributed by atoms with Gasteiger partial charge in [-0.05, 0) is 0 Å². The van der Waals surface area contributed by atoms with Gasteiger partial charge in [0.15, 0.2) is 10.8 Å². The summed E-state index contributed by atoms with van der Waals surface area (Å²) in [7, 11) is 1.90. The lowest BCUT2D eigenvalue weighted by Gasteiger charge is -1.95. The number of nitrogens with zero attached hydrogens (tertiary/aromatic N) is 3. The molecule has 0 radical (unpaired) electrons. The Hall–Kier alpha value is -1.69. The van der Waals surface area contributed by atoms with E-state index in [9.17, 15) is 4.79 Å². The van der Waals surface area contributed by atoms with E-state index in [4.69, 9.17) is 5.11 Å². The standard InChI is InChI=1S/C10H11N3O2S/c1-13-5-4-11-9(13)10-12-7(6-16-10)2-3-8(14)15/h4-6H,2-3H2,1H3,(H,14,15). The molecule has 2 rings (SSSR count). The predicted molar refractivity (Wildman–Crippen MR) is 60.3 cm³/mol. The molecule has 16 heavy (non-hydrogen) atoms. The summed E-state index contributed by atoms with van der Waals surface area (Å²) in [6, 6.07) is 0. The number of imidazole rings is 1. The lowest BCUT2D eigenvalue weighted by atomic mass is 10.2. The van der Waals surface area contributed by atoms with Gasteiger partial charge in [0.25, 0.3) is 0 Å². The van der Waals surface area contributed by atoms with E-state index in [2.05, 4.69) is 9.97 Å². The summed E-state index contributed by atoms with van der Waals surface area (Å²) in [4.78, 5) is 19.0. The Morgan fingerprint density at radius 1 is 1.62 bits per heavy atom. The van der Waals surface area contributed by atoms with Crippen molar-refractivity contribution in [3.05, 3.63) is 23.5 Å². The second kappa shape index (κ2) is 4.44. The van der Waals surface area contributed by atoms with Crippen LogP contribution < -0.4 is 0 Å². The van der Waals surface area contributed by atoms with Crippen molar-refractivity contribution in [1.82, 2.24) is 14.5 Å². The predicted octanol–water partition coefficient (Wildman–Crippen LogP) is 1.56.